The van der Waals surface area contributed by atoms with Crippen LogP contribution in [0.3, 0.4) is 0 Å². The molecule has 6 atom stereocenters. The van der Waals surface area contributed by atoms with Crippen molar-refractivity contribution in [2.45, 2.75) is 269 Å². The summed E-state index contributed by atoms with van der Waals surface area (Å²) in [6.07, 6.45) is 34.1. The highest BCUT2D eigenvalue weighted by Crippen LogP contribution is 2.24. The fourth-order valence-electron chi connectivity index (χ4n) is 7.91. The Morgan fingerprint density at radius 3 is 1.37 bits per heavy atom. The van der Waals surface area contributed by atoms with E-state index in [1.165, 1.54) is 135 Å². The third-order valence-electron chi connectivity index (χ3n) is 11.8. The van der Waals surface area contributed by atoms with Gasteiger partial charge < -0.3 is 34.3 Å². The van der Waals surface area contributed by atoms with Gasteiger partial charge in [0.25, 0.3) is 10.1 Å². The van der Waals surface area contributed by atoms with Gasteiger partial charge in [-0.25, -0.2) is 0 Å². The van der Waals surface area contributed by atoms with E-state index in [1.54, 1.807) is 0 Å². The first-order valence-corrected chi connectivity index (χ1v) is 26.9. The molecule has 1 aliphatic heterocycles. The van der Waals surface area contributed by atoms with Crippen LogP contribution >= 0.6 is 0 Å². The third-order valence-corrected chi connectivity index (χ3v) is 12.6. The Morgan fingerprint density at radius 2 is 0.919 bits per heavy atom. The molecule has 0 radical (unpaired) electrons. The van der Waals surface area contributed by atoms with Crippen molar-refractivity contribution in [3.63, 3.8) is 0 Å². The van der Waals surface area contributed by atoms with Gasteiger partial charge in [-0.2, -0.15) is 8.42 Å². The van der Waals surface area contributed by atoms with Crippen molar-refractivity contribution in [1.82, 2.24) is 0 Å². The molecule has 62 heavy (non-hydrogen) atoms. The van der Waals surface area contributed by atoms with E-state index < -0.39 is 71.2 Å². The van der Waals surface area contributed by atoms with Gasteiger partial charge in [-0.1, -0.05) is 193 Å². The first-order chi connectivity index (χ1) is 30.0. The molecule has 1 rings (SSSR count). The Bertz CT molecular complexity index is 1200. The molecule has 1 aliphatic rings. The lowest BCUT2D eigenvalue weighted by Gasteiger charge is -2.40. The van der Waals surface area contributed by atoms with Gasteiger partial charge >= 0.3 is 11.9 Å². The molecule has 0 aliphatic carbocycles. The summed E-state index contributed by atoms with van der Waals surface area (Å²) in [5, 5.41) is 30.9. The second-order valence-electron chi connectivity index (χ2n) is 17.8. The van der Waals surface area contributed by atoms with Gasteiger partial charge in [-0.15, -0.1) is 0 Å². The Kier molecular flexibility index (Phi) is 37.4. The number of hydrogen-bond acceptors (Lipinski definition) is 11. The van der Waals surface area contributed by atoms with Crippen LogP contribution in [0.1, 0.15) is 232 Å². The monoisotopic (exact) mass is 905 g/mol. The van der Waals surface area contributed by atoms with E-state index >= 15 is 0 Å². The van der Waals surface area contributed by atoms with Crippen LogP contribution in [0, 0.1) is 0 Å². The minimum atomic E-state index is -4.60. The topological polar surface area (TPSA) is 186 Å². The van der Waals surface area contributed by atoms with Crippen LogP contribution in [0.2, 0.25) is 0 Å². The third kappa shape index (κ3) is 33.8. The highest BCUT2D eigenvalue weighted by atomic mass is 32.2. The standard InChI is InChI=1S/C49H92O12S/c1-3-5-7-9-11-13-15-17-18-19-20-21-22-23-24-25-26-28-29-31-33-35-37-44(50)58-39-42(40-59-49-48(54)47(53)46(52)43(61-49)41-62(55,56)57)60-45(51)38-36-34-32-30-27-16-14-12-10-8-6-4-2/h12,14,42-43,46-49,52-54H,3-11,13,15-41H2,1-2H3,(H,55,56,57)/b14-12-. The second kappa shape index (κ2) is 39.7. The van der Waals surface area contributed by atoms with Gasteiger partial charge in [0, 0.05) is 12.8 Å². The van der Waals surface area contributed by atoms with Crippen LogP contribution in [-0.4, -0.2) is 96.0 Å². The molecule has 1 heterocycles. The highest BCUT2D eigenvalue weighted by molar-refractivity contribution is 7.85. The largest absolute Gasteiger partial charge is 0.462 e. The summed E-state index contributed by atoms with van der Waals surface area (Å²) in [5.74, 6) is -1.98. The van der Waals surface area contributed by atoms with Crippen LogP contribution in [0.25, 0.3) is 0 Å². The smallest absolute Gasteiger partial charge is 0.306 e. The number of carbonyl (C=O) groups is 2. The lowest BCUT2D eigenvalue weighted by Crippen LogP contribution is -2.60. The van der Waals surface area contributed by atoms with Gasteiger partial charge in [-0.05, 0) is 38.5 Å². The van der Waals surface area contributed by atoms with Crippen molar-refractivity contribution < 1.29 is 56.8 Å². The number of aliphatic hydroxyl groups is 3. The number of ether oxygens (including phenoxy) is 4. The van der Waals surface area contributed by atoms with E-state index in [0.29, 0.717) is 12.8 Å². The molecule has 4 N–H and O–H groups in total. The number of hydrogen-bond donors (Lipinski definition) is 4. The van der Waals surface area contributed by atoms with Crippen LogP contribution in [0.15, 0.2) is 12.2 Å². The maximum Gasteiger partial charge on any atom is 0.306 e. The Hall–Kier alpha value is -1.61. The van der Waals surface area contributed by atoms with Gasteiger partial charge in [0.1, 0.15) is 36.8 Å². The zero-order valence-electron chi connectivity index (χ0n) is 39.2. The van der Waals surface area contributed by atoms with Gasteiger partial charge in [-0.3, -0.25) is 14.1 Å². The van der Waals surface area contributed by atoms with Crippen LogP contribution < -0.4 is 0 Å². The van der Waals surface area contributed by atoms with E-state index in [0.717, 1.165) is 57.8 Å². The first kappa shape index (κ1) is 58.4. The van der Waals surface area contributed by atoms with Gasteiger partial charge in [0.2, 0.25) is 0 Å². The summed E-state index contributed by atoms with van der Waals surface area (Å²) < 4.78 is 54.1. The molecule has 0 spiro atoms. The minimum absolute atomic E-state index is 0.158. The van der Waals surface area contributed by atoms with Crippen molar-refractivity contribution in [3.8, 4) is 0 Å². The molecule has 0 saturated carbocycles. The van der Waals surface area contributed by atoms with E-state index in [9.17, 15) is 37.9 Å². The molecule has 0 aromatic carbocycles. The van der Waals surface area contributed by atoms with E-state index in [4.69, 9.17) is 18.9 Å². The molecular formula is C49H92O12S. The molecule has 6 unspecified atom stereocenters. The van der Waals surface area contributed by atoms with Crippen molar-refractivity contribution in [3.05, 3.63) is 12.2 Å². The molecule has 1 fully saturated rings. The van der Waals surface area contributed by atoms with E-state index in [2.05, 4.69) is 26.0 Å². The summed E-state index contributed by atoms with van der Waals surface area (Å²) in [5.41, 5.74) is 0. The summed E-state index contributed by atoms with van der Waals surface area (Å²) in [4.78, 5) is 25.4. The normalized spacial score (nSPS) is 19.9. The van der Waals surface area contributed by atoms with Gasteiger partial charge in [0.05, 0.1) is 6.61 Å². The average molecular weight is 905 g/mol. The van der Waals surface area contributed by atoms with Crippen LogP contribution in [0.5, 0.6) is 0 Å². The van der Waals surface area contributed by atoms with E-state index in [1.807, 2.05) is 0 Å². The van der Waals surface area contributed by atoms with Crippen molar-refractivity contribution in [2.24, 2.45) is 0 Å². The number of allylic oxidation sites excluding steroid dienone is 2. The zero-order valence-corrected chi connectivity index (χ0v) is 40.1. The number of carbonyl (C=O) groups excluding carboxylic acids is 2. The molecule has 366 valence electrons. The number of esters is 2. The molecular weight excluding hydrogens is 813 g/mol. The van der Waals surface area contributed by atoms with Crippen LogP contribution in [0.4, 0.5) is 0 Å². The summed E-state index contributed by atoms with van der Waals surface area (Å²) in [6.45, 7) is 3.76. The summed E-state index contributed by atoms with van der Waals surface area (Å²) in [7, 11) is -4.60. The second-order valence-corrected chi connectivity index (χ2v) is 19.3. The van der Waals surface area contributed by atoms with Gasteiger partial charge in [0.15, 0.2) is 12.4 Å². The first-order valence-electron chi connectivity index (χ1n) is 25.2. The predicted molar refractivity (Wildman–Crippen MR) is 247 cm³/mol. The Balaban J connectivity index is 2.32. The maximum atomic E-state index is 12.8. The average Bonchev–Trinajstić information content (AvgIpc) is 3.24. The molecule has 0 aromatic heterocycles. The van der Waals surface area contributed by atoms with Crippen molar-refractivity contribution in [2.75, 3.05) is 19.0 Å². The molecule has 0 amide bonds. The van der Waals surface area contributed by atoms with Crippen molar-refractivity contribution in [1.29, 1.82) is 0 Å². The predicted octanol–water partition coefficient (Wildman–Crippen LogP) is 11.0. The lowest BCUT2D eigenvalue weighted by molar-refractivity contribution is -0.297. The number of rotatable bonds is 43. The lowest BCUT2D eigenvalue weighted by atomic mass is 10.00. The SMILES string of the molecule is CCCCC/C=C\CCCCCCCC(=O)OC(COC(=O)CCCCCCCCCCCCCCCCCCCCCCCC)COC1OC(CS(=O)(=O)O)C(O)C(O)C1O. The fourth-order valence-corrected chi connectivity index (χ4v) is 8.60. The zero-order chi connectivity index (χ0) is 45.5. The van der Waals surface area contributed by atoms with E-state index in [-0.39, 0.29) is 19.4 Å². The Labute approximate surface area is 377 Å². The quantitative estimate of drug-likeness (QED) is 0.0197. The molecule has 1 saturated heterocycles. The number of unbranched alkanes of at least 4 members (excludes halogenated alkanes) is 29. The van der Waals surface area contributed by atoms with Crippen LogP contribution in [-0.2, 0) is 38.7 Å². The Morgan fingerprint density at radius 1 is 0.532 bits per heavy atom. The minimum Gasteiger partial charge on any atom is -0.462 e. The molecule has 13 heteroatoms. The highest BCUT2D eigenvalue weighted by Gasteiger charge is 2.46. The number of aliphatic hydroxyl groups excluding tert-OH is 3. The molecule has 12 nitrogen and oxygen atoms in total. The summed E-state index contributed by atoms with van der Waals surface area (Å²) in [6, 6.07) is 0. The van der Waals surface area contributed by atoms with Crippen molar-refractivity contribution >= 4 is 22.1 Å². The molecule has 0 aromatic rings. The maximum absolute atomic E-state index is 12.8. The molecule has 0 bridgehead atoms. The summed E-state index contributed by atoms with van der Waals surface area (Å²) >= 11 is 0. The fraction of sp³-hybridized carbons (Fsp3) is 0.918.